The maximum atomic E-state index is 12.9. The van der Waals surface area contributed by atoms with Crippen LogP contribution < -0.4 is 10.6 Å². The minimum absolute atomic E-state index is 0.266. The lowest BCUT2D eigenvalue weighted by Crippen LogP contribution is -2.54. The summed E-state index contributed by atoms with van der Waals surface area (Å²) in [5, 5.41) is 14.9. The molecule has 9 nitrogen and oxygen atoms in total. The summed E-state index contributed by atoms with van der Waals surface area (Å²) >= 11 is 0. The maximum Gasteiger partial charge on any atom is 0.408 e. The highest BCUT2D eigenvalue weighted by molar-refractivity contribution is 5.95. The van der Waals surface area contributed by atoms with Crippen molar-refractivity contribution in [1.82, 2.24) is 15.5 Å². The first-order chi connectivity index (χ1) is 15.5. The van der Waals surface area contributed by atoms with E-state index in [1.807, 2.05) is 18.2 Å². The Morgan fingerprint density at radius 2 is 1.91 bits per heavy atom. The summed E-state index contributed by atoms with van der Waals surface area (Å²) < 4.78 is 5.12. The van der Waals surface area contributed by atoms with E-state index in [1.54, 1.807) is 20.8 Å². The van der Waals surface area contributed by atoms with E-state index in [1.165, 1.54) is 4.90 Å². The van der Waals surface area contributed by atoms with Crippen LogP contribution in [-0.2, 0) is 19.1 Å². The molecule has 3 atom stereocenters. The second-order valence-electron chi connectivity index (χ2n) is 9.68. The lowest BCUT2D eigenvalue weighted by molar-refractivity contribution is -0.145. The third-order valence-electron chi connectivity index (χ3n) is 5.80. The molecule has 1 saturated heterocycles. The fourth-order valence-corrected chi connectivity index (χ4v) is 3.98. The van der Waals surface area contributed by atoms with Gasteiger partial charge in [-0.05, 0) is 65.7 Å². The number of allylic oxidation sites excluding steroid dienone is 2. The van der Waals surface area contributed by atoms with Crippen molar-refractivity contribution in [2.75, 3.05) is 13.1 Å². The average Bonchev–Trinajstić information content (AvgIpc) is 3.19. The van der Waals surface area contributed by atoms with E-state index in [-0.39, 0.29) is 12.5 Å². The van der Waals surface area contributed by atoms with Gasteiger partial charge in [0.25, 0.3) is 0 Å². The van der Waals surface area contributed by atoms with E-state index in [0.717, 1.165) is 25.7 Å². The molecule has 2 fully saturated rings. The summed E-state index contributed by atoms with van der Waals surface area (Å²) in [5.74, 6) is -2.21. The molecule has 2 aliphatic rings. The Kier molecular flexibility index (Phi) is 9.07. The number of alkyl carbamates (subject to hydrolysis) is 1. The van der Waals surface area contributed by atoms with Crippen LogP contribution in [0.25, 0.3) is 0 Å². The van der Waals surface area contributed by atoms with E-state index < -0.39 is 41.1 Å². The number of ether oxygens (including phenoxy) is 1. The number of hydrogen-bond acceptors (Lipinski definition) is 5. The number of carboxylic acid groups (broad SMARTS) is 1. The minimum atomic E-state index is -1.32. The molecule has 2 rings (SSSR count). The molecule has 184 valence electrons. The second-order valence-corrected chi connectivity index (χ2v) is 9.68. The second kappa shape index (κ2) is 11.3. The lowest BCUT2D eigenvalue weighted by Gasteiger charge is -2.26. The summed E-state index contributed by atoms with van der Waals surface area (Å²) in [6, 6.07) is -0.752. The van der Waals surface area contributed by atoms with Crippen LogP contribution in [0.1, 0.15) is 65.7 Å². The molecule has 1 heterocycles. The molecule has 0 aromatic carbocycles. The predicted octanol–water partition coefficient (Wildman–Crippen LogP) is 2.76. The van der Waals surface area contributed by atoms with Crippen LogP contribution in [0.15, 0.2) is 24.8 Å². The van der Waals surface area contributed by atoms with Gasteiger partial charge in [0.15, 0.2) is 0 Å². The van der Waals surface area contributed by atoms with E-state index >= 15 is 0 Å². The van der Waals surface area contributed by atoms with E-state index in [9.17, 15) is 24.3 Å². The minimum Gasteiger partial charge on any atom is -0.479 e. The Hall–Kier alpha value is -2.84. The molecule has 0 unspecified atom stereocenters. The number of carboxylic acids is 1. The molecule has 0 spiro atoms. The topological polar surface area (TPSA) is 125 Å². The number of carbonyl (C=O) groups is 4. The van der Waals surface area contributed by atoms with Crippen LogP contribution in [0.5, 0.6) is 0 Å². The number of unbranched alkanes of at least 4 members (excludes halogenated alkanes) is 3. The number of nitrogens with one attached hydrogen (secondary N) is 2. The van der Waals surface area contributed by atoms with Crippen molar-refractivity contribution in [3.63, 3.8) is 0 Å². The molecule has 1 aliphatic carbocycles. The first-order valence-corrected chi connectivity index (χ1v) is 11.6. The Balaban J connectivity index is 1.89. The van der Waals surface area contributed by atoms with Crippen LogP contribution in [0.2, 0.25) is 0 Å². The normalized spacial score (nSPS) is 24.4. The van der Waals surface area contributed by atoms with Crippen molar-refractivity contribution in [1.29, 1.82) is 0 Å². The Labute approximate surface area is 195 Å². The molecule has 0 radical (unpaired) electrons. The van der Waals surface area contributed by atoms with Crippen LogP contribution in [0.4, 0.5) is 4.79 Å². The molecule has 1 aliphatic heterocycles. The molecule has 33 heavy (non-hydrogen) atoms. The van der Waals surface area contributed by atoms with Gasteiger partial charge in [-0.3, -0.25) is 9.59 Å². The zero-order valence-corrected chi connectivity index (χ0v) is 19.9. The van der Waals surface area contributed by atoms with Gasteiger partial charge < -0.3 is 25.4 Å². The number of hydrogen-bond donors (Lipinski definition) is 3. The monoisotopic (exact) mass is 463 g/mol. The first kappa shape index (κ1) is 26.4. The summed E-state index contributed by atoms with van der Waals surface area (Å²) in [4.78, 5) is 50.6. The zero-order valence-electron chi connectivity index (χ0n) is 19.9. The lowest BCUT2D eigenvalue weighted by atomic mass is 10.1. The fourth-order valence-electron chi connectivity index (χ4n) is 3.98. The highest BCUT2D eigenvalue weighted by atomic mass is 16.6. The van der Waals surface area contributed by atoms with Gasteiger partial charge >= 0.3 is 12.1 Å². The standard InChI is InChI=1S/C24H37N3O6/c1-5-6-7-8-9-10-12-17-15-24(17,21(30)31)26-20(29)18-13-11-14-27(18)19(28)16-25-22(32)33-23(2,3)4/h5,10,12,17-18H,1,6-9,11,13-16H2,2-4H3,(H,25,32)(H,26,29)(H,30,31)/b12-10-/t17-,18+,24-/m1/s1. The molecular weight excluding hydrogens is 426 g/mol. The Morgan fingerprint density at radius 1 is 1.21 bits per heavy atom. The Morgan fingerprint density at radius 3 is 2.55 bits per heavy atom. The third kappa shape index (κ3) is 7.61. The number of rotatable bonds is 11. The highest BCUT2D eigenvalue weighted by Gasteiger charge is 2.61. The van der Waals surface area contributed by atoms with Gasteiger partial charge in [0.05, 0.1) is 0 Å². The third-order valence-corrected chi connectivity index (χ3v) is 5.80. The van der Waals surface area contributed by atoms with Crippen LogP contribution >= 0.6 is 0 Å². The molecule has 9 heteroatoms. The van der Waals surface area contributed by atoms with Gasteiger partial charge in [-0.15, -0.1) is 6.58 Å². The average molecular weight is 464 g/mol. The van der Waals surface area contributed by atoms with Crippen molar-refractivity contribution in [3.05, 3.63) is 24.8 Å². The number of carbonyl (C=O) groups excluding carboxylic acids is 3. The van der Waals surface area contributed by atoms with Gasteiger partial charge in [0.2, 0.25) is 11.8 Å². The van der Waals surface area contributed by atoms with Crippen LogP contribution in [0, 0.1) is 5.92 Å². The maximum absolute atomic E-state index is 12.9. The fraction of sp³-hybridized carbons (Fsp3) is 0.667. The quantitative estimate of drug-likeness (QED) is 0.320. The number of amides is 3. The van der Waals surface area contributed by atoms with Gasteiger partial charge in [-0.1, -0.05) is 18.2 Å². The number of aliphatic carboxylic acids is 1. The molecule has 0 aromatic heterocycles. The van der Waals surface area contributed by atoms with Gasteiger partial charge in [0, 0.05) is 12.5 Å². The molecule has 3 N–H and O–H groups in total. The highest BCUT2D eigenvalue weighted by Crippen LogP contribution is 2.45. The molecular formula is C24H37N3O6. The van der Waals surface area contributed by atoms with Crippen LogP contribution in [-0.4, -0.2) is 64.2 Å². The number of nitrogens with zero attached hydrogens (tertiary/aromatic N) is 1. The first-order valence-electron chi connectivity index (χ1n) is 11.6. The molecule has 1 saturated carbocycles. The van der Waals surface area contributed by atoms with E-state index in [2.05, 4.69) is 17.2 Å². The van der Waals surface area contributed by atoms with Crippen molar-refractivity contribution < 1.29 is 29.0 Å². The summed E-state index contributed by atoms with van der Waals surface area (Å²) in [6.07, 6.45) is 10.2. The van der Waals surface area contributed by atoms with Crippen molar-refractivity contribution in [2.45, 2.75) is 82.9 Å². The van der Waals surface area contributed by atoms with Crippen molar-refractivity contribution in [3.8, 4) is 0 Å². The summed E-state index contributed by atoms with van der Waals surface area (Å²) in [5.41, 5.74) is -2.00. The van der Waals surface area contributed by atoms with Gasteiger partial charge in [0.1, 0.15) is 23.7 Å². The Bertz CT molecular complexity index is 788. The van der Waals surface area contributed by atoms with Gasteiger partial charge in [-0.2, -0.15) is 0 Å². The van der Waals surface area contributed by atoms with Crippen molar-refractivity contribution >= 4 is 23.9 Å². The largest absolute Gasteiger partial charge is 0.479 e. The summed E-state index contributed by atoms with van der Waals surface area (Å²) in [6.45, 7) is 8.93. The van der Waals surface area contributed by atoms with E-state index in [4.69, 9.17) is 4.74 Å². The predicted molar refractivity (Wildman–Crippen MR) is 123 cm³/mol. The zero-order chi connectivity index (χ0) is 24.6. The summed E-state index contributed by atoms with van der Waals surface area (Å²) in [7, 11) is 0. The smallest absolute Gasteiger partial charge is 0.408 e. The van der Waals surface area contributed by atoms with Crippen molar-refractivity contribution in [2.24, 2.45) is 5.92 Å². The molecule has 3 amide bonds. The SMILES string of the molecule is C=CCCCC/C=C\[C@@H]1C[C@]1(NC(=O)[C@@H]1CCCN1C(=O)CNC(=O)OC(C)(C)C)C(=O)O. The van der Waals surface area contributed by atoms with Crippen LogP contribution in [0.3, 0.4) is 0 Å². The number of likely N-dealkylation sites (tertiary alicyclic amines) is 1. The van der Waals surface area contributed by atoms with E-state index in [0.29, 0.717) is 25.8 Å². The molecule has 0 bridgehead atoms. The molecule has 0 aromatic rings. The van der Waals surface area contributed by atoms with Gasteiger partial charge in [-0.25, -0.2) is 9.59 Å².